The number of nitrogens with zero attached hydrogens (tertiary/aromatic N) is 2. The molecule has 3 unspecified atom stereocenters. The second-order valence-corrected chi connectivity index (χ2v) is 11.6. The summed E-state index contributed by atoms with van der Waals surface area (Å²) >= 11 is 1.64. The lowest BCUT2D eigenvalue weighted by molar-refractivity contribution is -0.154. The first-order chi connectivity index (χ1) is 15.6. The van der Waals surface area contributed by atoms with Crippen LogP contribution in [-0.2, 0) is 19.1 Å². The highest BCUT2D eigenvalue weighted by Crippen LogP contribution is 2.69. The molecule has 1 N–H and O–H groups in total. The molecule has 33 heavy (non-hydrogen) atoms. The largest absolute Gasteiger partial charge is 0.466 e. The molecule has 2 bridgehead atoms. The highest BCUT2D eigenvalue weighted by Gasteiger charge is 2.77. The average molecular weight is 481 g/mol. The number of carbonyl (C=O) groups is 3. The van der Waals surface area contributed by atoms with E-state index in [-0.39, 0.29) is 54.1 Å². The molecule has 0 saturated carbocycles. The number of esters is 1. The molecule has 3 aliphatic heterocycles. The fourth-order valence-corrected chi connectivity index (χ4v) is 8.66. The first-order valence-electron chi connectivity index (χ1n) is 12.3. The Hall–Kier alpha value is -1.54. The predicted octanol–water partition coefficient (Wildman–Crippen LogP) is 2.72. The van der Waals surface area contributed by atoms with Crippen LogP contribution in [0.2, 0.25) is 0 Å². The Bertz CT molecular complexity index is 789. The Morgan fingerprint density at radius 1 is 1.36 bits per heavy atom. The van der Waals surface area contributed by atoms with Crippen molar-refractivity contribution in [3.8, 4) is 0 Å². The summed E-state index contributed by atoms with van der Waals surface area (Å²) in [4.78, 5) is 44.8. The van der Waals surface area contributed by atoms with E-state index in [0.717, 1.165) is 12.8 Å². The van der Waals surface area contributed by atoms with Crippen molar-refractivity contribution in [3.63, 3.8) is 0 Å². The summed E-state index contributed by atoms with van der Waals surface area (Å²) in [5.74, 6) is -1.72. The zero-order valence-electron chi connectivity index (χ0n) is 20.8. The molecular weight excluding hydrogens is 440 g/mol. The van der Waals surface area contributed by atoms with E-state index in [9.17, 15) is 19.5 Å². The minimum absolute atomic E-state index is 0.00919. The van der Waals surface area contributed by atoms with E-state index >= 15 is 0 Å². The van der Waals surface area contributed by atoms with E-state index in [1.807, 2.05) is 27.7 Å². The van der Waals surface area contributed by atoms with Crippen LogP contribution in [0.1, 0.15) is 54.4 Å². The second kappa shape index (κ2) is 9.98. The maximum Gasteiger partial charge on any atom is 0.310 e. The number of aliphatic hydroxyl groups excluding tert-OH is 1. The van der Waals surface area contributed by atoms with Gasteiger partial charge in [0, 0.05) is 17.8 Å². The highest BCUT2D eigenvalue weighted by atomic mass is 32.2. The van der Waals surface area contributed by atoms with E-state index < -0.39 is 28.7 Å². The molecule has 3 heterocycles. The lowest BCUT2D eigenvalue weighted by atomic mass is 9.66. The predicted molar refractivity (Wildman–Crippen MR) is 130 cm³/mol. The minimum Gasteiger partial charge on any atom is -0.466 e. The van der Waals surface area contributed by atoms with E-state index in [4.69, 9.17) is 4.74 Å². The summed E-state index contributed by atoms with van der Waals surface area (Å²) in [6.45, 7) is 16.1. The van der Waals surface area contributed by atoms with Crippen molar-refractivity contribution < 1.29 is 24.2 Å². The third-order valence-corrected chi connectivity index (χ3v) is 10.1. The standard InChI is InChI=1S/C25H40N2O5S/c1-8-11-26(14(4)5)23(30)21-25-16(7)12-18(33-25)19(24(31)32-10-3)20(25)22(29)27(21)17(13-28)15(6)9-2/h8,14-21,28H,1,9-13H2,2-7H3/t15-,16?,17-,18+,19-,20-,21?,25?/m0/s1. The lowest BCUT2D eigenvalue weighted by Gasteiger charge is -2.43. The maximum atomic E-state index is 14.2. The van der Waals surface area contributed by atoms with Crippen molar-refractivity contribution in [2.24, 2.45) is 23.7 Å². The zero-order valence-corrected chi connectivity index (χ0v) is 21.6. The van der Waals surface area contributed by atoms with Crippen molar-refractivity contribution in [1.82, 2.24) is 9.80 Å². The lowest BCUT2D eigenvalue weighted by Crippen LogP contribution is -2.61. The van der Waals surface area contributed by atoms with Gasteiger partial charge >= 0.3 is 5.97 Å². The third-order valence-electron chi connectivity index (χ3n) is 8.05. The van der Waals surface area contributed by atoms with Gasteiger partial charge in [-0.15, -0.1) is 18.3 Å². The van der Waals surface area contributed by atoms with Gasteiger partial charge in [0.2, 0.25) is 11.8 Å². The number of fused-ring (bicyclic) bond motifs is 1. The Kier molecular flexibility index (Phi) is 7.89. The zero-order chi connectivity index (χ0) is 24.7. The van der Waals surface area contributed by atoms with Crippen molar-refractivity contribution in [2.75, 3.05) is 19.8 Å². The summed E-state index contributed by atoms with van der Waals surface area (Å²) < 4.78 is 4.69. The fourth-order valence-electron chi connectivity index (χ4n) is 6.27. The Morgan fingerprint density at radius 2 is 2.03 bits per heavy atom. The average Bonchev–Trinajstić information content (AvgIpc) is 3.36. The molecule has 3 fully saturated rings. The van der Waals surface area contributed by atoms with Crippen molar-refractivity contribution in [3.05, 3.63) is 12.7 Å². The van der Waals surface area contributed by atoms with Gasteiger partial charge in [-0.3, -0.25) is 14.4 Å². The number of hydrogen-bond acceptors (Lipinski definition) is 6. The number of amides is 2. The molecule has 3 saturated heterocycles. The molecule has 3 rings (SSSR count). The molecule has 0 aromatic carbocycles. The molecule has 186 valence electrons. The quantitative estimate of drug-likeness (QED) is 0.382. The minimum atomic E-state index is -0.729. The number of carbonyl (C=O) groups excluding carboxylic acids is 3. The third kappa shape index (κ3) is 3.91. The van der Waals surface area contributed by atoms with Gasteiger partial charge in [-0.2, -0.15) is 0 Å². The maximum absolute atomic E-state index is 14.2. The molecule has 2 amide bonds. The summed E-state index contributed by atoms with van der Waals surface area (Å²) in [5.41, 5.74) is 0. The molecule has 8 heteroatoms. The molecule has 0 aromatic heterocycles. The molecule has 0 aliphatic carbocycles. The first-order valence-corrected chi connectivity index (χ1v) is 13.2. The monoisotopic (exact) mass is 480 g/mol. The topological polar surface area (TPSA) is 87.2 Å². The first kappa shape index (κ1) is 26.1. The van der Waals surface area contributed by atoms with Crippen LogP contribution in [-0.4, -0.2) is 80.6 Å². The van der Waals surface area contributed by atoms with E-state index in [2.05, 4.69) is 13.5 Å². The Balaban J connectivity index is 2.17. The van der Waals surface area contributed by atoms with Crippen LogP contribution in [0.4, 0.5) is 0 Å². The van der Waals surface area contributed by atoms with Gasteiger partial charge < -0.3 is 19.6 Å². The van der Waals surface area contributed by atoms with E-state index in [0.29, 0.717) is 6.54 Å². The molecule has 7 nitrogen and oxygen atoms in total. The van der Waals surface area contributed by atoms with Crippen LogP contribution in [0.15, 0.2) is 12.7 Å². The Morgan fingerprint density at radius 3 is 2.55 bits per heavy atom. The smallest absolute Gasteiger partial charge is 0.310 e. The number of thioether (sulfide) groups is 1. The SMILES string of the molecule is C=CCN(C(=O)C1N([C@@H](CO)[C@@H](C)CC)C(=O)[C@@H]2[C@@H](C(=O)OCC)[C@H]3CC(C)C12S3)C(C)C. The number of rotatable bonds is 10. The summed E-state index contributed by atoms with van der Waals surface area (Å²) in [5, 5.41) is 10.3. The van der Waals surface area contributed by atoms with Gasteiger partial charge in [0.1, 0.15) is 6.04 Å². The van der Waals surface area contributed by atoms with Gasteiger partial charge in [0.05, 0.1) is 35.8 Å². The van der Waals surface area contributed by atoms with Gasteiger partial charge in [0.25, 0.3) is 0 Å². The van der Waals surface area contributed by atoms with Gasteiger partial charge in [-0.1, -0.05) is 33.3 Å². The molecule has 0 aromatic rings. The second-order valence-electron chi connectivity index (χ2n) is 10.1. The van der Waals surface area contributed by atoms with Crippen molar-refractivity contribution in [1.29, 1.82) is 0 Å². The van der Waals surface area contributed by atoms with E-state index in [1.54, 1.807) is 34.6 Å². The number of hydrogen-bond donors (Lipinski definition) is 1. The normalized spacial score (nSPS) is 34.4. The summed E-state index contributed by atoms with van der Waals surface area (Å²) in [6, 6.07) is -1.28. The van der Waals surface area contributed by atoms with Gasteiger partial charge in [0.15, 0.2) is 0 Å². The molecule has 1 spiro atoms. The van der Waals surface area contributed by atoms with Crippen LogP contribution in [0.25, 0.3) is 0 Å². The molecule has 3 aliphatic rings. The van der Waals surface area contributed by atoms with Crippen molar-refractivity contribution >= 4 is 29.5 Å². The molecule has 8 atom stereocenters. The van der Waals surface area contributed by atoms with Gasteiger partial charge in [-0.25, -0.2) is 0 Å². The van der Waals surface area contributed by atoms with Crippen LogP contribution in [0.5, 0.6) is 0 Å². The number of likely N-dealkylation sites (tertiary alicyclic amines) is 1. The number of ether oxygens (including phenoxy) is 1. The van der Waals surface area contributed by atoms with Crippen LogP contribution >= 0.6 is 11.8 Å². The Labute approximate surface area is 202 Å². The molecular formula is C25H40N2O5S. The number of aliphatic hydroxyl groups is 1. The summed E-state index contributed by atoms with van der Waals surface area (Å²) in [6.07, 6.45) is 3.24. The van der Waals surface area contributed by atoms with Crippen LogP contribution in [0, 0.1) is 23.7 Å². The fraction of sp³-hybridized carbons (Fsp3) is 0.800. The van der Waals surface area contributed by atoms with Crippen LogP contribution in [0.3, 0.4) is 0 Å². The molecule has 0 radical (unpaired) electrons. The summed E-state index contributed by atoms with van der Waals surface area (Å²) in [7, 11) is 0. The van der Waals surface area contributed by atoms with Crippen LogP contribution < -0.4 is 0 Å². The highest BCUT2D eigenvalue weighted by molar-refractivity contribution is 8.02. The van der Waals surface area contributed by atoms with Crippen molar-refractivity contribution in [2.45, 2.75) is 82.5 Å². The van der Waals surface area contributed by atoms with Gasteiger partial charge in [-0.05, 0) is 39.0 Å². The van der Waals surface area contributed by atoms with E-state index in [1.165, 1.54) is 0 Å².